The van der Waals surface area contributed by atoms with Crippen molar-refractivity contribution in [2.45, 2.75) is 76.3 Å². The lowest BCUT2D eigenvalue weighted by molar-refractivity contribution is -0.125. The molecule has 2 N–H and O–H groups in total. The Morgan fingerprint density at radius 3 is 2.61 bits per heavy atom. The van der Waals surface area contributed by atoms with Crippen molar-refractivity contribution in [3.8, 4) is 0 Å². The molecule has 0 unspecified atom stereocenters. The zero-order chi connectivity index (χ0) is 25.2. The number of sulfonamides is 1. The molecule has 0 bridgehead atoms. The molecule has 1 spiro atoms. The van der Waals surface area contributed by atoms with Gasteiger partial charge in [0.25, 0.3) is 5.91 Å². The Bertz CT molecular complexity index is 1220. The summed E-state index contributed by atoms with van der Waals surface area (Å²) in [5.74, 6) is 1.19. The third kappa shape index (κ3) is 5.10. The number of nitrogens with zero attached hydrogens (tertiary/aromatic N) is 3. The van der Waals surface area contributed by atoms with E-state index in [-0.39, 0.29) is 18.3 Å². The van der Waals surface area contributed by atoms with Crippen molar-refractivity contribution < 1.29 is 18.3 Å². The number of aryl methyl sites for hydroxylation is 2. The second kappa shape index (κ2) is 10.6. The van der Waals surface area contributed by atoms with E-state index in [2.05, 4.69) is 22.0 Å². The van der Waals surface area contributed by atoms with E-state index in [1.807, 2.05) is 18.3 Å². The van der Waals surface area contributed by atoms with E-state index in [0.29, 0.717) is 38.3 Å². The molecule has 1 saturated carbocycles. The lowest BCUT2D eigenvalue weighted by Gasteiger charge is -2.34. The molecule has 3 heterocycles. The Hall–Kier alpha value is -2.23. The van der Waals surface area contributed by atoms with Crippen LogP contribution >= 0.6 is 0 Å². The highest BCUT2D eigenvalue weighted by atomic mass is 32.2. The van der Waals surface area contributed by atoms with E-state index in [1.54, 1.807) is 4.31 Å². The number of unbranched alkanes of at least 4 members (excludes halogenated alkanes) is 1. The maximum Gasteiger partial charge on any atom is 0.253 e. The van der Waals surface area contributed by atoms with Crippen LogP contribution in [0, 0.1) is 5.92 Å². The Labute approximate surface area is 213 Å². The number of aromatic nitrogens is 1. The standard InChI is InChI=1S/C27H38N4O4S/c32-19-5-4-15-30-16-11-23-21(9-6-10-24(23)30)12-20-36(34,35)31-17-13-27(14-18-31)26(33)28-25(29-27)22-7-2-1-3-8-22/h6,9-11,16,22,32H,1-5,7-8,12-15,17-20H2,(H,28,29,33). The second-order valence-electron chi connectivity index (χ2n) is 10.6. The molecular formula is C27H38N4O4S. The first-order chi connectivity index (χ1) is 17.4. The van der Waals surface area contributed by atoms with Crippen molar-refractivity contribution >= 4 is 32.7 Å². The van der Waals surface area contributed by atoms with Crippen molar-refractivity contribution in [3.63, 3.8) is 0 Å². The zero-order valence-electron chi connectivity index (χ0n) is 21.0. The summed E-state index contributed by atoms with van der Waals surface area (Å²) in [6, 6.07) is 8.11. The minimum Gasteiger partial charge on any atom is -0.396 e. The minimum absolute atomic E-state index is 0.0460. The molecule has 5 rings (SSSR count). The number of aliphatic hydroxyl groups excluding tert-OH is 1. The molecule has 2 aliphatic heterocycles. The fourth-order valence-corrected chi connectivity index (χ4v) is 7.52. The quantitative estimate of drug-likeness (QED) is 0.502. The van der Waals surface area contributed by atoms with Crippen LogP contribution in [0.1, 0.15) is 63.4 Å². The summed E-state index contributed by atoms with van der Waals surface area (Å²) in [7, 11) is -3.44. The number of nitrogens with one attached hydrogen (secondary N) is 1. The number of piperidine rings is 1. The molecule has 1 aromatic carbocycles. The van der Waals surface area contributed by atoms with E-state index >= 15 is 0 Å². The molecule has 3 aliphatic rings. The van der Waals surface area contributed by atoms with Gasteiger partial charge in [-0.3, -0.25) is 9.79 Å². The number of amides is 1. The Kier molecular flexibility index (Phi) is 7.51. The topological polar surface area (TPSA) is 104 Å². The highest BCUT2D eigenvalue weighted by Gasteiger charge is 2.48. The van der Waals surface area contributed by atoms with Crippen LogP contribution in [0.3, 0.4) is 0 Å². The van der Waals surface area contributed by atoms with Gasteiger partial charge in [0.2, 0.25) is 10.0 Å². The number of aliphatic hydroxyl groups is 1. The first-order valence-corrected chi connectivity index (χ1v) is 15.1. The number of rotatable bonds is 9. The summed E-state index contributed by atoms with van der Waals surface area (Å²) in [6.07, 6.45) is 10.8. The van der Waals surface area contributed by atoms with Crippen molar-refractivity contribution in [1.82, 2.24) is 14.2 Å². The summed E-state index contributed by atoms with van der Waals surface area (Å²) < 4.78 is 30.2. The summed E-state index contributed by atoms with van der Waals surface area (Å²) in [4.78, 5) is 17.7. The van der Waals surface area contributed by atoms with Crippen LogP contribution in [0.25, 0.3) is 10.9 Å². The zero-order valence-corrected chi connectivity index (χ0v) is 21.8. The highest BCUT2D eigenvalue weighted by molar-refractivity contribution is 7.89. The van der Waals surface area contributed by atoms with Gasteiger partial charge >= 0.3 is 0 Å². The number of aliphatic imine (C=N–C) groups is 1. The van der Waals surface area contributed by atoms with Crippen LogP contribution < -0.4 is 5.32 Å². The molecule has 2 fully saturated rings. The molecule has 1 aromatic heterocycles. The third-order valence-corrected chi connectivity index (χ3v) is 10.1. The predicted octanol–water partition coefficient (Wildman–Crippen LogP) is 3.23. The molecule has 2 aromatic rings. The van der Waals surface area contributed by atoms with Gasteiger partial charge in [-0.2, -0.15) is 0 Å². The van der Waals surface area contributed by atoms with Gasteiger partial charge in [0.15, 0.2) is 0 Å². The minimum atomic E-state index is -3.44. The number of hydrogen-bond donors (Lipinski definition) is 2. The van der Waals surface area contributed by atoms with Crippen LogP contribution in [-0.2, 0) is 27.8 Å². The largest absolute Gasteiger partial charge is 0.396 e. The average molecular weight is 515 g/mol. The average Bonchev–Trinajstić information content (AvgIpc) is 3.45. The van der Waals surface area contributed by atoms with Crippen molar-refractivity contribution in [2.75, 3.05) is 25.4 Å². The van der Waals surface area contributed by atoms with Crippen molar-refractivity contribution in [1.29, 1.82) is 0 Å². The molecule has 8 nitrogen and oxygen atoms in total. The molecule has 196 valence electrons. The second-order valence-corrected chi connectivity index (χ2v) is 12.7. The summed E-state index contributed by atoms with van der Waals surface area (Å²) >= 11 is 0. The fourth-order valence-electron chi connectivity index (χ4n) is 6.05. The molecule has 9 heteroatoms. The van der Waals surface area contributed by atoms with Gasteiger partial charge in [0.1, 0.15) is 11.4 Å². The molecule has 0 radical (unpaired) electrons. The van der Waals surface area contributed by atoms with Crippen LogP contribution in [0.2, 0.25) is 0 Å². The number of benzene rings is 1. The monoisotopic (exact) mass is 514 g/mol. The Balaban J connectivity index is 1.21. The van der Waals surface area contributed by atoms with Crippen molar-refractivity contribution in [3.05, 3.63) is 36.0 Å². The number of carbonyl (C=O) groups excluding carboxylic acids is 1. The molecule has 1 aliphatic carbocycles. The first-order valence-electron chi connectivity index (χ1n) is 13.5. The van der Waals surface area contributed by atoms with Gasteiger partial charge in [-0.1, -0.05) is 31.4 Å². The molecule has 36 heavy (non-hydrogen) atoms. The fraction of sp³-hybridized carbons (Fsp3) is 0.630. The van der Waals surface area contributed by atoms with E-state index in [9.17, 15) is 13.2 Å². The first kappa shape index (κ1) is 25.4. The van der Waals surface area contributed by atoms with E-state index in [4.69, 9.17) is 10.1 Å². The van der Waals surface area contributed by atoms with Gasteiger partial charge in [-0.25, -0.2) is 12.7 Å². The van der Waals surface area contributed by atoms with Gasteiger partial charge in [-0.05, 0) is 62.6 Å². The molecule has 1 amide bonds. The van der Waals surface area contributed by atoms with Crippen molar-refractivity contribution in [2.24, 2.45) is 10.9 Å². The van der Waals surface area contributed by atoms with Gasteiger partial charge in [-0.15, -0.1) is 0 Å². The number of amidine groups is 1. The van der Waals surface area contributed by atoms with E-state index in [1.165, 1.54) is 19.3 Å². The predicted molar refractivity (Wildman–Crippen MR) is 141 cm³/mol. The number of carbonyl (C=O) groups is 1. The van der Waals surface area contributed by atoms with Gasteiger partial charge in [0, 0.05) is 49.3 Å². The smallest absolute Gasteiger partial charge is 0.253 e. The van der Waals surface area contributed by atoms with Gasteiger partial charge in [0.05, 0.1) is 5.75 Å². The lowest BCUT2D eigenvalue weighted by atomic mass is 9.88. The van der Waals surface area contributed by atoms with E-state index < -0.39 is 15.6 Å². The SMILES string of the molecule is O=C1NC(C2CCCCC2)=NC12CCN(S(=O)(=O)CCc1cccc3c1ccn3CCCCO)CC2. The molecule has 0 atom stereocenters. The summed E-state index contributed by atoms with van der Waals surface area (Å²) in [6.45, 7) is 1.70. The van der Waals surface area contributed by atoms with Crippen LogP contribution in [-0.4, -0.2) is 65.1 Å². The highest BCUT2D eigenvalue weighted by Crippen LogP contribution is 2.35. The summed E-state index contributed by atoms with van der Waals surface area (Å²) in [5, 5.41) is 13.2. The summed E-state index contributed by atoms with van der Waals surface area (Å²) in [5.41, 5.74) is 1.34. The van der Waals surface area contributed by atoms with E-state index in [0.717, 1.165) is 54.5 Å². The van der Waals surface area contributed by atoms with Crippen LogP contribution in [0.4, 0.5) is 0 Å². The Morgan fingerprint density at radius 1 is 1.08 bits per heavy atom. The van der Waals surface area contributed by atoms with Crippen LogP contribution in [0.5, 0.6) is 0 Å². The maximum absolute atomic E-state index is 13.2. The molecular weight excluding hydrogens is 476 g/mol. The Morgan fingerprint density at radius 2 is 1.86 bits per heavy atom. The number of fused-ring (bicyclic) bond motifs is 1. The third-order valence-electron chi connectivity index (χ3n) is 8.27. The van der Waals surface area contributed by atoms with Crippen LogP contribution in [0.15, 0.2) is 35.5 Å². The number of hydrogen-bond acceptors (Lipinski definition) is 5. The lowest BCUT2D eigenvalue weighted by Crippen LogP contribution is -2.51. The normalized spacial score (nSPS) is 21.2. The molecule has 1 saturated heterocycles. The van der Waals surface area contributed by atoms with Gasteiger partial charge < -0.3 is 15.0 Å². The maximum atomic E-state index is 13.2.